The SMILES string of the molecule is O=C(NCc1nnc2n1CCC2)[C@@]12CCCC[C@H]1CNC2. The number of aryl methyl sites for hydroxylation is 1. The molecule has 1 saturated heterocycles. The highest BCUT2D eigenvalue weighted by atomic mass is 16.2. The Hall–Kier alpha value is -1.43. The van der Waals surface area contributed by atoms with E-state index in [1.165, 1.54) is 19.3 Å². The number of hydrogen-bond acceptors (Lipinski definition) is 4. The molecule has 1 amide bonds. The summed E-state index contributed by atoms with van der Waals surface area (Å²) in [6.07, 6.45) is 6.79. The summed E-state index contributed by atoms with van der Waals surface area (Å²) in [6, 6.07) is 0. The van der Waals surface area contributed by atoms with Gasteiger partial charge < -0.3 is 15.2 Å². The van der Waals surface area contributed by atoms with Gasteiger partial charge in [-0.05, 0) is 31.7 Å². The van der Waals surface area contributed by atoms with Crippen LogP contribution in [0.15, 0.2) is 0 Å². The molecule has 0 radical (unpaired) electrons. The number of fused-ring (bicyclic) bond motifs is 2. The van der Waals surface area contributed by atoms with Gasteiger partial charge >= 0.3 is 0 Å². The van der Waals surface area contributed by atoms with E-state index < -0.39 is 0 Å². The Morgan fingerprint density at radius 1 is 1.38 bits per heavy atom. The van der Waals surface area contributed by atoms with Gasteiger partial charge in [-0.2, -0.15) is 0 Å². The third-order valence-electron chi connectivity index (χ3n) is 5.58. The highest BCUT2D eigenvalue weighted by molar-refractivity contribution is 5.83. The van der Waals surface area contributed by atoms with Crippen molar-refractivity contribution in [3.63, 3.8) is 0 Å². The van der Waals surface area contributed by atoms with Crippen molar-refractivity contribution in [3.05, 3.63) is 11.6 Å². The van der Waals surface area contributed by atoms with Gasteiger partial charge in [-0.3, -0.25) is 4.79 Å². The van der Waals surface area contributed by atoms with Crippen LogP contribution in [0.2, 0.25) is 0 Å². The highest BCUT2D eigenvalue weighted by Crippen LogP contribution is 2.43. The minimum absolute atomic E-state index is 0.174. The minimum atomic E-state index is -0.174. The van der Waals surface area contributed by atoms with Crippen molar-refractivity contribution in [1.29, 1.82) is 0 Å². The first kappa shape index (κ1) is 13.2. The molecule has 2 atom stereocenters. The molecule has 21 heavy (non-hydrogen) atoms. The summed E-state index contributed by atoms with van der Waals surface area (Å²) in [4.78, 5) is 12.8. The second-order valence-corrected chi connectivity index (χ2v) is 6.70. The third-order valence-corrected chi connectivity index (χ3v) is 5.58. The summed E-state index contributed by atoms with van der Waals surface area (Å²) in [7, 11) is 0. The molecule has 1 aromatic rings. The largest absolute Gasteiger partial charge is 0.348 e. The number of amides is 1. The number of hydrogen-bond donors (Lipinski definition) is 2. The number of nitrogens with zero attached hydrogens (tertiary/aromatic N) is 3. The number of nitrogens with one attached hydrogen (secondary N) is 2. The molecule has 1 aliphatic carbocycles. The molecule has 3 heterocycles. The van der Waals surface area contributed by atoms with E-state index in [1.54, 1.807) is 0 Å². The van der Waals surface area contributed by atoms with E-state index in [2.05, 4.69) is 25.4 Å². The van der Waals surface area contributed by atoms with Crippen LogP contribution in [-0.4, -0.2) is 33.8 Å². The van der Waals surface area contributed by atoms with Gasteiger partial charge in [-0.1, -0.05) is 12.8 Å². The van der Waals surface area contributed by atoms with Crippen molar-refractivity contribution in [2.24, 2.45) is 11.3 Å². The molecule has 114 valence electrons. The van der Waals surface area contributed by atoms with Crippen molar-refractivity contribution in [2.45, 2.75) is 51.6 Å². The van der Waals surface area contributed by atoms with Crippen LogP contribution in [0.25, 0.3) is 0 Å². The molecule has 3 aliphatic rings. The molecule has 1 aromatic heterocycles. The molecule has 6 heteroatoms. The smallest absolute Gasteiger partial charge is 0.228 e. The number of carbonyl (C=O) groups excluding carboxylic acids is 1. The van der Waals surface area contributed by atoms with Crippen molar-refractivity contribution < 1.29 is 4.79 Å². The lowest BCUT2D eigenvalue weighted by Crippen LogP contribution is -2.47. The summed E-state index contributed by atoms with van der Waals surface area (Å²) in [5.41, 5.74) is -0.174. The zero-order chi connectivity index (χ0) is 14.3. The van der Waals surface area contributed by atoms with E-state index in [0.29, 0.717) is 12.5 Å². The lowest BCUT2D eigenvalue weighted by atomic mass is 9.67. The van der Waals surface area contributed by atoms with Gasteiger partial charge in [-0.25, -0.2) is 0 Å². The predicted octanol–water partition coefficient (Wildman–Crippen LogP) is 0.620. The molecule has 6 nitrogen and oxygen atoms in total. The zero-order valence-electron chi connectivity index (χ0n) is 12.4. The number of rotatable bonds is 3. The van der Waals surface area contributed by atoms with Crippen LogP contribution in [0.1, 0.15) is 43.8 Å². The van der Waals surface area contributed by atoms with Crippen LogP contribution < -0.4 is 10.6 Å². The molecular formula is C15H23N5O. The molecule has 0 aromatic carbocycles. The molecule has 0 bridgehead atoms. The van der Waals surface area contributed by atoms with Crippen LogP contribution in [-0.2, 0) is 24.3 Å². The van der Waals surface area contributed by atoms with E-state index in [4.69, 9.17) is 0 Å². The molecule has 2 fully saturated rings. The first-order valence-corrected chi connectivity index (χ1v) is 8.19. The Bertz CT molecular complexity index is 554. The van der Waals surface area contributed by atoms with Crippen molar-refractivity contribution in [3.8, 4) is 0 Å². The first-order valence-electron chi connectivity index (χ1n) is 8.19. The van der Waals surface area contributed by atoms with Crippen LogP contribution in [0.3, 0.4) is 0 Å². The van der Waals surface area contributed by atoms with Crippen LogP contribution in [0.5, 0.6) is 0 Å². The second-order valence-electron chi connectivity index (χ2n) is 6.70. The minimum Gasteiger partial charge on any atom is -0.348 e. The highest BCUT2D eigenvalue weighted by Gasteiger charge is 2.49. The standard InChI is InChI=1S/C15H23N5O/c21-14(15-6-2-1-4-11(15)8-16-10-15)17-9-13-19-18-12-5-3-7-20(12)13/h11,16H,1-10H2,(H,17,21)/t11-,15+/m0/s1. The Labute approximate surface area is 124 Å². The van der Waals surface area contributed by atoms with Gasteiger partial charge in [-0.15, -0.1) is 10.2 Å². The lowest BCUT2D eigenvalue weighted by molar-refractivity contribution is -0.134. The van der Waals surface area contributed by atoms with Gasteiger partial charge in [0.05, 0.1) is 12.0 Å². The fourth-order valence-electron chi connectivity index (χ4n) is 4.37. The van der Waals surface area contributed by atoms with Crippen molar-refractivity contribution >= 4 is 5.91 Å². The van der Waals surface area contributed by atoms with Gasteiger partial charge in [0.25, 0.3) is 0 Å². The molecule has 2 aliphatic heterocycles. The van der Waals surface area contributed by atoms with Gasteiger partial charge in [0, 0.05) is 19.5 Å². The summed E-state index contributed by atoms with van der Waals surface area (Å²) < 4.78 is 2.16. The maximum absolute atomic E-state index is 12.8. The Kier molecular flexibility index (Phi) is 3.21. The molecule has 0 spiro atoms. The van der Waals surface area contributed by atoms with Crippen LogP contribution >= 0.6 is 0 Å². The fraction of sp³-hybridized carbons (Fsp3) is 0.800. The van der Waals surface area contributed by atoms with Gasteiger partial charge in [0.1, 0.15) is 5.82 Å². The topological polar surface area (TPSA) is 71.8 Å². The Morgan fingerprint density at radius 2 is 2.33 bits per heavy atom. The van der Waals surface area contributed by atoms with E-state index in [9.17, 15) is 4.79 Å². The average Bonchev–Trinajstić information content (AvgIpc) is 3.20. The Morgan fingerprint density at radius 3 is 3.29 bits per heavy atom. The van der Waals surface area contributed by atoms with Gasteiger partial charge in [0.2, 0.25) is 5.91 Å². The maximum Gasteiger partial charge on any atom is 0.228 e. The van der Waals surface area contributed by atoms with Crippen LogP contribution in [0, 0.1) is 11.3 Å². The summed E-state index contributed by atoms with van der Waals surface area (Å²) in [6.45, 7) is 3.33. The summed E-state index contributed by atoms with van der Waals surface area (Å²) in [5, 5.41) is 15.0. The quantitative estimate of drug-likeness (QED) is 0.856. The molecule has 0 unspecified atom stereocenters. The molecule has 4 rings (SSSR count). The van der Waals surface area contributed by atoms with E-state index >= 15 is 0 Å². The maximum atomic E-state index is 12.8. The van der Waals surface area contributed by atoms with Crippen molar-refractivity contribution in [2.75, 3.05) is 13.1 Å². The summed E-state index contributed by atoms with van der Waals surface area (Å²) >= 11 is 0. The molecular weight excluding hydrogens is 266 g/mol. The monoisotopic (exact) mass is 289 g/mol. The lowest BCUT2D eigenvalue weighted by Gasteiger charge is -2.37. The zero-order valence-corrected chi connectivity index (χ0v) is 12.4. The number of carbonyl (C=O) groups is 1. The van der Waals surface area contributed by atoms with Crippen molar-refractivity contribution in [1.82, 2.24) is 25.4 Å². The van der Waals surface area contributed by atoms with E-state index in [-0.39, 0.29) is 11.3 Å². The summed E-state index contributed by atoms with van der Waals surface area (Å²) in [5.74, 6) is 2.70. The number of aromatic nitrogens is 3. The van der Waals surface area contributed by atoms with E-state index in [1.807, 2.05) is 0 Å². The van der Waals surface area contributed by atoms with Crippen LogP contribution in [0.4, 0.5) is 0 Å². The van der Waals surface area contributed by atoms with Gasteiger partial charge in [0.15, 0.2) is 5.82 Å². The third kappa shape index (κ3) is 2.08. The average molecular weight is 289 g/mol. The van der Waals surface area contributed by atoms with E-state index in [0.717, 1.165) is 50.5 Å². The Balaban J connectivity index is 1.45. The molecule has 1 saturated carbocycles. The fourth-order valence-corrected chi connectivity index (χ4v) is 4.37. The predicted molar refractivity (Wildman–Crippen MR) is 77.5 cm³/mol. The normalized spacial score (nSPS) is 31.0. The first-order chi connectivity index (χ1) is 10.3. The second kappa shape index (κ2) is 5.09. The molecule has 2 N–H and O–H groups in total.